The van der Waals surface area contributed by atoms with E-state index in [1.165, 1.54) is 18.2 Å². The van der Waals surface area contributed by atoms with E-state index in [4.69, 9.17) is 28.3 Å². The predicted molar refractivity (Wildman–Crippen MR) is 81.5 cm³/mol. The highest BCUT2D eigenvalue weighted by Crippen LogP contribution is 2.19. The molecule has 120 valence electrons. The van der Waals surface area contributed by atoms with Gasteiger partial charge >= 0.3 is 5.97 Å². The van der Waals surface area contributed by atoms with E-state index < -0.39 is 35.5 Å². The molecule has 0 aliphatic heterocycles. The Morgan fingerprint density at radius 1 is 1.27 bits per heavy atom. The van der Waals surface area contributed by atoms with Crippen LogP contribution in [0, 0.1) is 0 Å². The lowest BCUT2D eigenvalue weighted by Crippen LogP contribution is -2.43. The van der Waals surface area contributed by atoms with Crippen LogP contribution >= 0.6 is 23.2 Å². The van der Waals surface area contributed by atoms with Gasteiger partial charge in [0.15, 0.2) is 4.84 Å². The number of nitrogens with one attached hydrogen (secondary N) is 1. The van der Waals surface area contributed by atoms with E-state index in [0.29, 0.717) is 11.1 Å². The average molecular weight is 350 g/mol. The van der Waals surface area contributed by atoms with Crippen LogP contribution in [0.15, 0.2) is 30.3 Å². The number of carbonyl (C=O) groups is 2. The third-order valence-corrected chi connectivity index (χ3v) is 3.17. The summed E-state index contributed by atoms with van der Waals surface area (Å²) in [6.45, 7) is -1.01. The first-order valence-electron chi connectivity index (χ1n) is 6.18. The third-order valence-electron chi connectivity index (χ3n) is 2.77. The molecule has 1 aromatic rings. The maximum atomic E-state index is 13.0. The Morgan fingerprint density at radius 2 is 1.86 bits per heavy atom. The van der Waals surface area contributed by atoms with Crippen molar-refractivity contribution in [1.29, 1.82) is 0 Å². The Hall–Kier alpha value is -1.63. The van der Waals surface area contributed by atoms with Crippen LogP contribution in [0.25, 0.3) is 6.08 Å². The third kappa shape index (κ3) is 5.63. The van der Waals surface area contributed by atoms with Gasteiger partial charge in [-0.05, 0) is 17.2 Å². The number of hydrogen-bond donors (Lipinski definition) is 3. The smallest absolute Gasteiger partial charge is 0.328 e. The number of alkyl halides is 3. The molecule has 0 aliphatic rings. The molecule has 0 aliphatic carbocycles. The highest BCUT2D eigenvalue weighted by atomic mass is 35.5. The van der Waals surface area contributed by atoms with Gasteiger partial charge in [-0.3, -0.25) is 4.79 Å². The molecule has 1 amide bonds. The summed E-state index contributed by atoms with van der Waals surface area (Å²) in [4.78, 5) is 20.4. The summed E-state index contributed by atoms with van der Waals surface area (Å²) in [6, 6.07) is 4.93. The molecule has 1 aromatic carbocycles. The summed E-state index contributed by atoms with van der Waals surface area (Å²) in [5, 5.41) is 20.8. The number of rotatable bonds is 7. The van der Waals surface area contributed by atoms with Gasteiger partial charge in [0.1, 0.15) is 12.8 Å². The number of carboxylic acid groups (broad SMARTS) is 1. The maximum Gasteiger partial charge on any atom is 0.328 e. The number of carbonyl (C=O) groups excluding carboxylic acids is 1. The summed E-state index contributed by atoms with van der Waals surface area (Å²) in [5.41, 5.74) is 0.955. The molecule has 2 atom stereocenters. The van der Waals surface area contributed by atoms with Gasteiger partial charge in [-0.15, -0.1) is 0 Å². The van der Waals surface area contributed by atoms with Crippen molar-refractivity contribution < 1.29 is 24.2 Å². The zero-order valence-electron chi connectivity index (χ0n) is 11.2. The summed E-state index contributed by atoms with van der Waals surface area (Å²) in [5.74, 6) is -1.88. The molecule has 0 bridgehead atoms. The molecule has 2 unspecified atom stereocenters. The summed E-state index contributed by atoms with van der Waals surface area (Å²) in [7, 11) is 0. The second-order valence-corrected chi connectivity index (χ2v) is 5.45. The first-order chi connectivity index (χ1) is 10.3. The van der Waals surface area contributed by atoms with E-state index in [1.54, 1.807) is 12.1 Å². The fourth-order valence-corrected chi connectivity index (χ4v) is 1.78. The predicted octanol–water partition coefficient (Wildman–Crippen LogP) is 2.08. The van der Waals surface area contributed by atoms with Crippen molar-refractivity contribution in [1.82, 2.24) is 5.32 Å². The number of carboxylic acids is 1. The van der Waals surface area contributed by atoms with Gasteiger partial charge in [-0.25, -0.2) is 9.18 Å². The van der Waals surface area contributed by atoms with Gasteiger partial charge < -0.3 is 15.5 Å². The minimum absolute atomic E-state index is 0.358. The SMILES string of the molecule is O=C(O)C=Cc1ccc(C(O)C(CF)NC(=O)C(Cl)Cl)cc1. The van der Waals surface area contributed by atoms with E-state index in [0.717, 1.165) is 6.08 Å². The van der Waals surface area contributed by atoms with Crippen molar-refractivity contribution in [3.05, 3.63) is 41.5 Å². The van der Waals surface area contributed by atoms with Crippen LogP contribution in [-0.4, -0.2) is 39.6 Å². The molecule has 0 spiro atoms. The van der Waals surface area contributed by atoms with Crippen LogP contribution in [0.1, 0.15) is 17.2 Å². The highest BCUT2D eigenvalue weighted by Gasteiger charge is 2.24. The Labute approximate surface area is 136 Å². The molecule has 0 aromatic heterocycles. The highest BCUT2D eigenvalue weighted by molar-refractivity contribution is 6.53. The molecule has 0 heterocycles. The van der Waals surface area contributed by atoms with Gasteiger partial charge in [0, 0.05) is 6.08 Å². The number of aliphatic carboxylic acids is 1. The first-order valence-corrected chi connectivity index (χ1v) is 7.06. The minimum atomic E-state index is -1.36. The molecule has 0 saturated heterocycles. The van der Waals surface area contributed by atoms with Crippen LogP contribution in [0.4, 0.5) is 4.39 Å². The van der Waals surface area contributed by atoms with Crippen molar-refractivity contribution in [2.75, 3.05) is 6.67 Å². The van der Waals surface area contributed by atoms with Crippen LogP contribution in [0.2, 0.25) is 0 Å². The number of halogens is 3. The van der Waals surface area contributed by atoms with Crippen LogP contribution < -0.4 is 5.32 Å². The van der Waals surface area contributed by atoms with E-state index in [1.807, 2.05) is 0 Å². The molecular formula is C14H14Cl2FNO4. The molecule has 0 saturated carbocycles. The van der Waals surface area contributed by atoms with E-state index in [-0.39, 0.29) is 0 Å². The fraction of sp³-hybridized carbons (Fsp3) is 0.286. The first kappa shape index (κ1) is 18.4. The van der Waals surface area contributed by atoms with Crippen molar-refractivity contribution in [2.45, 2.75) is 17.0 Å². The van der Waals surface area contributed by atoms with Crippen LogP contribution in [-0.2, 0) is 9.59 Å². The van der Waals surface area contributed by atoms with Gasteiger partial charge in [-0.2, -0.15) is 0 Å². The molecule has 0 fully saturated rings. The summed E-state index contributed by atoms with van der Waals surface area (Å²) in [6.07, 6.45) is 1.05. The molecule has 22 heavy (non-hydrogen) atoms. The quantitative estimate of drug-likeness (QED) is 0.519. The Bertz CT molecular complexity index is 548. The number of amides is 1. The van der Waals surface area contributed by atoms with Gasteiger partial charge in [0.2, 0.25) is 0 Å². The molecule has 0 radical (unpaired) electrons. The van der Waals surface area contributed by atoms with Crippen molar-refractivity contribution in [3.63, 3.8) is 0 Å². The second kappa shape index (κ2) is 8.73. The number of benzene rings is 1. The maximum absolute atomic E-state index is 13.0. The Morgan fingerprint density at radius 3 is 2.32 bits per heavy atom. The molecule has 5 nitrogen and oxygen atoms in total. The molecule has 3 N–H and O–H groups in total. The zero-order valence-corrected chi connectivity index (χ0v) is 12.8. The zero-order chi connectivity index (χ0) is 16.7. The number of aliphatic hydroxyl groups is 1. The topological polar surface area (TPSA) is 86.6 Å². The standard InChI is InChI=1S/C14H14Cl2FNO4/c15-13(16)14(22)18-10(7-17)12(21)9-4-1-8(2-5-9)3-6-11(19)20/h1-6,10,12-13,21H,7H2,(H,18,22)(H,19,20). The normalized spacial score (nSPS) is 14.0. The fourth-order valence-electron chi connectivity index (χ4n) is 1.65. The Balaban J connectivity index is 2.80. The van der Waals surface area contributed by atoms with Gasteiger partial charge in [-0.1, -0.05) is 47.5 Å². The average Bonchev–Trinajstić information content (AvgIpc) is 2.50. The summed E-state index contributed by atoms with van der Waals surface area (Å²) >= 11 is 10.7. The van der Waals surface area contributed by atoms with Crippen molar-refractivity contribution >= 4 is 41.2 Å². The van der Waals surface area contributed by atoms with Gasteiger partial charge in [0.25, 0.3) is 5.91 Å². The largest absolute Gasteiger partial charge is 0.478 e. The van der Waals surface area contributed by atoms with E-state index in [2.05, 4.69) is 5.32 Å². The second-order valence-electron chi connectivity index (χ2n) is 4.35. The van der Waals surface area contributed by atoms with Crippen LogP contribution in [0.5, 0.6) is 0 Å². The minimum Gasteiger partial charge on any atom is -0.478 e. The lowest BCUT2D eigenvalue weighted by atomic mass is 10.0. The van der Waals surface area contributed by atoms with Crippen molar-refractivity contribution in [2.24, 2.45) is 0 Å². The van der Waals surface area contributed by atoms with Crippen LogP contribution in [0.3, 0.4) is 0 Å². The van der Waals surface area contributed by atoms with E-state index in [9.17, 15) is 19.1 Å². The number of aliphatic hydroxyl groups excluding tert-OH is 1. The van der Waals surface area contributed by atoms with Gasteiger partial charge in [0.05, 0.1) is 6.04 Å². The van der Waals surface area contributed by atoms with E-state index >= 15 is 0 Å². The molecular weight excluding hydrogens is 336 g/mol. The monoisotopic (exact) mass is 349 g/mol. The lowest BCUT2D eigenvalue weighted by molar-refractivity contribution is -0.131. The molecule has 8 heteroatoms. The lowest BCUT2D eigenvalue weighted by Gasteiger charge is -2.22. The Kier molecular flexibility index (Phi) is 7.31. The number of hydrogen-bond acceptors (Lipinski definition) is 3. The summed E-state index contributed by atoms with van der Waals surface area (Å²) < 4.78 is 13.0. The molecule has 1 rings (SSSR count). The van der Waals surface area contributed by atoms with Crippen molar-refractivity contribution in [3.8, 4) is 0 Å².